The van der Waals surface area contributed by atoms with Crippen molar-refractivity contribution in [3.63, 3.8) is 0 Å². The molecular weight excluding hydrogens is 304 g/mol. The number of carbonyl (C=O) groups excluding carboxylic acids is 1. The number of amides is 1. The Morgan fingerprint density at radius 1 is 1.47 bits per heavy atom. The van der Waals surface area contributed by atoms with Crippen LogP contribution in [0.2, 0.25) is 0 Å². The Morgan fingerprint density at radius 3 is 2.84 bits per heavy atom. The quantitative estimate of drug-likeness (QED) is 0.923. The van der Waals surface area contributed by atoms with E-state index in [0.717, 1.165) is 35.2 Å². The first kappa shape index (κ1) is 14.5. The molecule has 1 aromatic carbocycles. The molecule has 0 bridgehead atoms. The highest BCUT2D eigenvalue weighted by Gasteiger charge is 2.21. The van der Waals surface area contributed by atoms with Crippen LogP contribution in [-0.2, 0) is 0 Å². The molecule has 0 spiro atoms. The number of benzene rings is 1. The largest absolute Gasteiger partial charge is 0.337 e. The fraction of sp³-hybridized carbons (Fsp3) is 0.533. The molecule has 0 radical (unpaired) electrons. The molecular formula is C15H21BrN2O. The molecule has 1 amide bonds. The zero-order chi connectivity index (χ0) is 13.8. The molecule has 1 aliphatic rings. The average Bonchev–Trinajstić information content (AvgIpc) is 2.86. The van der Waals surface area contributed by atoms with Crippen molar-refractivity contribution < 1.29 is 4.79 Å². The van der Waals surface area contributed by atoms with E-state index in [4.69, 9.17) is 0 Å². The standard InChI is InChI=1S/C15H21BrN2O/c1-3-18(10-14-5-4-6-17-14)15(19)12-7-11(2)8-13(16)9-12/h7-9,14,17H,3-6,10H2,1-2H3. The summed E-state index contributed by atoms with van der Waals surface area (Å²) in [4.78, 5) is 14.5. The number of hydrogen-bond donors (Lipinski definition) is 1. The molecule has 3 nitrogen and oxygen atoms in total. The fourth-order valence-electron chi connectivity index (χ4n) is 2.58. The van der Waals surface area contributed by atoms with Crippen LogP contribution in [0.15, 0.2) is 22.7 Å². The van der Waals surface area contributed by atoms with Crippen molar-refractivity contribution in [1.82, 2.24) is 10.2 Å². The van der Waals surface area contributed by atoms with Crippen LogP contribution >= 0.6 is 15.9 Å². The minimum Gasteiger partial charge on any atom is -0.337 e. The zero-order valence-electron chi connectivity index (χ0n) is 11.6. The van der Waals surface area contributed by atoms with Crippen LogP contribution in [0.3, 0.4) is 0 Å². The van der Waals surface area contributed by atoms with E-state index in [1.54, 1.807) is 0 Å². The third-order valence-electron chi connectivity index (χ3n) is 3.56. The molecule has 0 aliphatic carbocycles. The Hall–Kier alpha value is -0.870. The van der Waals surface area contributed by atoms with Crippen LogP contribution in [0.25, 0.3) is 0 Å². The Labute approximate surface area is 123 Å². The van der Waals surface area contributed by atoms with Gasteiger partial charge in [0, 0.05) is 29.2 Å². The minimum absolute atomic E-state index is 0.126. The lowest BCUT2D eigenvalue weighted by Gasteiger charge is -2.24. The van der Waals surface area contributed by atoms with Crippen molar-refractivity contribution in [3.8, 4) is 0 Å². The Kier molecular flexibility index (Phi) is 4.99. The molecule has 4 heteroatoms. The summed E-state index contributed by atoms with van der Waals surface area (Å²) in [5.41, 5.74) is 1.87. The summed E-state index contributed by atoms with van der Waals surface area (Å²) in [6, 6.07) is 6.33. The molecule has 1 aliphatic heterocycles. The maximum absolute atomic E-state index is 12.5. The lowest BCUT2D eigenvalue weighted by Crippen LogP contribution is -2.41. The predicted molar refractivity (Wildman–Crippen MR) is 81.5 cm³/mol. The molecule has 1 atom stereocenters. The Bertz CT molecular complexity index is 435. The lowest BCUT2D eigenvalue weighted by atomic mass is 10.1. The SMILES string of the molecule is CCN(CC1CCCN1)C(=O)c1cc(C)cc(Br)c1. The maximum atomic E-state index is 12.5. The summed E-state index contributed by atoms with van der Waals surface area (Å²) >= 11 is 3.46. The van der Waals surface area contributed by atoms with Gasteiger partial charge in [-0.1, -0.05) is 15.9 Å². The van der Waals surface area contributed by atoms with Gasteiger partial charge in [0.05, 0.1) is 0 Å². The maximum Gasteiger partial charge on any atom is 0.253 e. The van der Waals surface area contributed by atoms with Gasteiger partial charge in [-0.25, -0.2) is 0 Å². The zero-order valence-corrected chi connectivity index (χ0v) is 13.2. The number of aryl methyl sites for hydroxylation is 1. The molecule has 1 unspecified atom stereocenters. The first-order chi connectivity index (χ1) is 9.10. The van der Waals surface area contributed by atoms with E-state index in [1.165, 1.54) is 12.8 Å². The van der Waals surface area contributed by atoms with Gasteiger partial charge < -0.3 is 10.2 Å². The number of nitrogens with zero attached hydrogens (tertiary/aromatic N) is 1. The summed E-state index contributed by atoms with van der Waals surface area (Å²) in [6.45, 7) is 6.68. The van der Waals surface area contributed by atoms with Crippen molar-refractivity contribution in [2.75, 3.05) is 19.6 Å². The molecule has 19 heavy (non-hydrogen) atoms. The normalized spacial score (nSPS) is 18.6. The van der Waals surface area contributed by atoms with Gasteiger partial charge in [-0.05, 0) is 57.0 Å². The van der Waals surface area contributed by atoms with Crippen molar-refractivity contribution in [2.24, 2.45) is 0 Å². The van der Waals surface area contributed by atoms with Gasteiger partial charge >= 0.3 is 0 Å². The van der Waals surface area contributed by atoms with Gasteiger partial charge in [0.1, 0.15) is 0 Å². The first-order valence-electron chi connectivity index (χ1n) is 6.90. The second kappa shape index (κ2) is 6.53. The highest BCUT2D eigenvalue weighted by Crippen LogP contribution is 2.17. The van der Waals surface area contributed by atoms with Crippen LogP contribution in [0.1, 0.15) is 35.7 Å². The number of rotatable bonds is 4. The van der Waals surface area contributed by atoms with Gasteiger partial charge in [0.25, 0.3) is 5.91 Å². The highest BCUT2D eigenvalue weighted by molar-refractivity contribution is 9.10. The first-order valence-corrected chi connectivity index (χ1v) is 7.69. The van der Waals surface area contributed by atoms with Crippen molar-refractivity contribution in [3.05, 3.63) is 33.8 Å². The average molecular weight is 325 g/mol. The second-order valence-electron chi connectivity index (χ2n) is 5.15. The summed E-state index contributed by atoms with van der Waals surface area (Å²) in [6.07, 6.45) is 2.38. The molecule has 1 aromatic rings. The molecule has 0 saturated carbocycles. The van der Waals surface area contributed by atoms with Crippen LogP contribution < -0.4 is 5.32 Å². The molecule has 0 aromatic heterocycles. The van der Waals surface area contributed by atoms with Gasteiger partial charge in [-0.2, -0.15) is 0 Å². The van der Waals surface area contributed by atoms with Gasteiger partial charge in [-0.15, -0.1) is 0 Å². The molecule has 1 N–H and O–H groups in total. The topological polar surface area (TPSA) is 32.3 Å². The summed E-state index contributed by atoms with van der Waals surface area (Å²) < 4.78 is 0.964. The van der Waals surface area contributed by atoms with Gasteiger partial charge in [0.15, 0.2) is 0 Å². The predicted octanol–water partition coefficient (Wildman–Crippen LogP) is 2.97. The molecule has 1 saturated heterocycles. The molecule has 1 heterocycles. The van der Waals surface area contributed by atoms with Crippen molar-refractivity contribution >= 4 is 21.8 Å². The fourth-order valence-corrected chi connectivity index (χ4v) is 3.18. The van der Waals surface area contributed by atoms with E-state index in [9.17, 15) is 4.79 Å². The monoisotopic (exact) mass is 324 g/mol. The van der Waals surface area contributed by atoms with E-state index in [1.807, 2.05) is 36.9 Å². The summed E-state index contributed by atoms with van der Waals surface area (Å²) in [5, 5.41) is 3.45. The smallest absolute Gasteiger partial charge is 0.253 e. The van der Waals surface area contributed by atoms with Crippen LogP contribution in [0.4, 0.5) is 0 Å². The van der Waals surface area contributed by atoms with Gasteiger partial charge in [-0.3, -0.25) is 4.79 Å². The molecule has 104 valence electrons. The third-order valence-corrected chi connectivity index (χ3v) is 4.02. The van der Waals surface area contributed by atoms with Crippen molar-refractivity contribution in [1.29, 1.82) is 0 Å². The second-order valence-corrected chi connectivity index (χ2v) is 6.07. The Morgan fingerprint density at radius 2 is 2.26 bits per heavy atom. The van der Waals surface area contributed by atoms with E-state index in [0.29, 0.717) is 6.04 Å². The lowest BCUT2D eigenvalue weighted by molar-refractivity contribution is 0.0751. The summed E-state index contributed by atoms with van der Waals surface area (Å²) in [5.74, 6) is 0.126. The van der Waals surface area contributed by atoms with Crippen molar-refractivity contribution in [2.45, 2.75) is 32.7 Å². The van der Waals surface area contributed by atoms with Crippen LogP contribution in [-0.4, -0.2) is 36.5 Å². The van der Waals surface area contributed by atoms with E-state index in [2.05, 4.69) is 21.2 Å². The minimum atomic E-state index is 0.126. The highest BCUT2D eigenvalue weighted by atomic mass is 79.9. The number of halogens is 1. The van der Waals surface area contributed by atoms with E-state index in [-0.39, 0.29) is 5.91 Å². The van der Waals surface area contributed by atoms with Crippen LogP contribution in [0, 0.1) is 6.92 Å². The Balaban J connectivity index is 2.10. The number of nitrogens with one attached hydrogen (secondary N) is 1. The summed E-state index contributed by atoms with van der Waals surface area (Å²) in [7, 11) is 0. The third kappa shape index (κ3) is 3.80. The molecule has 1 fully saturated rings. The van der Waals surface area contributed by atoms with E-state index >= 15 is 0 Å². The van der Waals surface area contributed by atoms with Gasteiger partial charge in [0.2, 0.25) is 0 Å². The number of likely N-dealkylation sites (N-methyl/N-ethyl adjacent to an activating group) is 1. The van der Waals surface area contributed by atoms with E-state index < -0.39 is 0 Å². The number of carbonyl (C=O) groups is 1. The van der Waals surface area contributed by atoms with Crippen LogP contribution in [0.5, 0.6) is 0 Å². The number of hydrogen-bond acceptors (Lipinski definition) is 2. The molecule has 2 rings (SSSR count).